The van der Waals surface area contributed by atoms with Crippen LogP contribution in [0.25, 0.3) is 0 Å². The number of alkyl halides is 3. The lowest BCUT2D eigenvalue weighted by Crippen LogP contribution is -2.05. The average molecular weight is 299 g/mol. The van der Waals surface area contributed by atoms with Gasteiger partial charge in [0.15, 0.2) is 0 Å². The molecule has 1 heterocycles. The Labute approximate surface area is 116 Å². The molecule has 1 aliphatic rings. The zero-order chi connectivity index (χ0) is 14.8. The molecule has 0 fully saturated rings. The molecule has 8 heteroatoms. The maximum absolute atomic E-state index is 12.4. The number of aliphatic imine (C=N–C) groups is 1. The van der Waals surface area contributed by atoms with Crippen molar-refractivity contribution in [1.29, 1.82) is 0 Å². The minimum Gasteiger partial charge on any atom is -0.265 e. The van der Waals surface area contributed by atoms with Crippen LogP contribution in [0.3, 0.4) is 0 Å². The van der Waals surface area contributed by atoms with E-state index in [1.54, 1.807) is 0 Å². The van der Waals surface area contributed by atoms with Crippen molar-refractivity contribution in [3.8, 4) is 0 Å². The first-order chi connectivity index (χ1) is 9.36. The number of thioether (sulfide) groups is 1. The normalized spacial score (nSPS) is 15.4. The van der Waals surface area contributed by atoms with Gasteiger partial charge in [-0.3, -0.25) is 4.79 Å². The first-order valence-corrected chi connectivity index (χ1v) is 6.37. The Bertz CT molecular complexity index is 605. The predicted molar refractivity (Wildman–Crippen MR) is 69.2 cm³/mol. The van der Waals surface area contributed by atoms with E-state index in [0.29, 0.717) is 11.3 Å². The molecular weight excluding hydrogens is 291 g/mol. The van der Waals surface area contributed by atoms with Gasteiger partial charge >= 0.3 is 6.18 Å². The van der Waals surface area contributed by atoms with E-state index in [1.165, 1.54) is 12.1 Å². The van der Waals surface area contributed by atoms with Gasteiger partial charge in [-0.05, 0) is 17.7 Å². The Morgan fingerprint density at radius 3 is 2.35 bits per heavy atom. The van der Waals surface area contributed by atoms with Crippen molar-refractivity contribution in [3.63, 3.8) is 0 Å². The maximum Gasteiger partial charge on any atom is 0.416 e. The van der Waals surface area contributed by atoms with Crippen LogP contribution in [-0.2, 0) is 16.7 Å². The molecule has 1 aliphatic heterocycles. The van der Waals surface area contributed by atoms with E-state index in [4.69, 9.17) is 0 Å². The third-order valence-electron chi connectivity index (χ3n) is 2.35. The number of rotatable bonds is 2. The van der Waals surface area contributed by atoms with E-state index >= 15 is 0 Å². The highest BCUT2D eigenvalue weighted by Gasteiger charge is 2.29. The van der Waals surface area contributed by atoms with E-state index in [2.05, 4.69) is 21.8 Å². The zero-order valence-corrected chi connectivity index (χ0v) is 10.8. The summed E-state index contributed by atoms with van der Waals surface area (Å²) >= 11 is 1.12. The minimum atomic E-state index is -4.35. The number of amidine groups is 1. The second-order valence-corrected chi connectivity index (χ2v) is 4.77. The molecule has 1 aromatic rings. The predicted octanol–water partition coefficient (Wildman–Crippen LogP) is 3.80. The van der Waals surface area contributed by atoms with E-state index in [1.807, 2.05) is 0 Å². The van der Waals surface area contributed by atoms with Crippen molar-refractivity contribution < 1.29 is 18.0 Å². The molecule has 0 atom stereocenters. The largest absolute Gasteiger partial charge is 0.416 e. The molecule has 20 heavy (non-hydrogen) atoms. The summed E-state index contributed by atoms with van der Waals surface area (Å²) in [6, 6.07) is 4.76. The number of halogens is 3. The number of azo groups is 1. The Hall–Kier alpha value is -1.96. The molecule has 0 saturated carbocycles. The number of benzene rings is 1. The molecule has 1 aromatic carbocycles. The second-order valence-electron chi connectivity index (χ2n) is 3.83. The van der Waals surface area contributed by atoms with Gasteiger partial charge in [0.1, 0.15) is 5.70 Å². The van der Waals surface area contributed by atoms with Crippen LogP contribution >= 0.6 is 11.8 Å². The highest BCUT2D eigenvalue weighted by Crippen LogP contribution is 2.29. The average Bonchev–Trinajstić information content (AvgIpc) is 2.40. The van der Waals surface area contributed by atoms with Gasteiger partial charge in [0.05, 0.1) is 5.56 Å². The van der Waals surface area contributed by atoms with Crippen LogP contribution in [-0.4, -0.2) is 11.1 Å². The lowest BCUT2D eigenvalue weighted by molar-refractivity contribution is -0.137. The molecule has 0 aliphatic carbocycles. The highest BCUT2D eigenvalue weighted by atomic mass is 32.2. The summed E-state index contributed by atoms with van der Waals surface area (Å²) in [7, 11) is 0. The molecule has 104 valence electrons. The molecule has 1 amide bonds. The molecule has 0 spiro atoms. The van der Waals surface area contributed by atoms with Gasteiger partial charge in [-0.25, -0.2) is 0 Å². The Kier molecular flexibility index (Phi) is 4.03. The van der Waals surface area contributed by atoms with Gasteiger partial charge in [-0.1, -0.05) is 30.5 Å². The third kappa shape index (κ3) is 3.53. The number of amides is 1. The smallest absolute Gasteiger partial charge is 0.265 e. The molecule has 0 N–H and O–H groups in total. The Morgan fingerprint density at radius 1 is 1.15 bits per heavy atom. The number of carbonyl (C=O) groups is 1. The highest BCUT2D eigenvalue weighted by molar-refractivity contribution is 8.13. The molecule has 2 rings (SSSR count). The zero-order valence-electron chi connectivity index (χ0n) is 10.0. The van der Waals surface area contributed by atoms with Gasteiger partial charge in [0.25, 0.3) is 5.91 Å². The Morgan fingerprint density at radius 2 is 1.80 bits per heavy atom. The topological polar surface area (TPSA) is 54.1 Å². The van der Waals surface area contributed by atoms with Crippen molar-refractivity contribution in [2.24, 2.45) is 15.2 Å². The number of hydrogen-bond acceptors (Lipinski definition) is 4. The number of hydrogen-bond donors (Lipinski definition) is 0. The van der Waals surface area contributed by atoms with E-state index < -0.39 is 17.6 Å². The van der Waals surface area contributed by atoms with Crippen LogP contribution in [0.4, 0.5) is 13.2 Å². The summed E-state index contributed by atoms with van der Waals surface area (Å²) < 4.78 is 37.1. The molecule has 0 aromatic heterocycles. The van der Waals surface area contributed by atoms with Crippen molar-refractivity contribution >= 4 is 22.8 Å². The minimum absolute atomic E-state index is 0.0381. The van der Waals surface area contributed by atoms with Crippen LogP contribution in [0.1, 0.15) is 11.1 Å². The Balaban J connectivity index is 1.99. The third-order valence-corrected chi connectivity index (χ3v) is 3.26. The maximum atomic E-state index is 12.4. The van der Waals surface area contributed by atoms with Gasteiger partial charge < -0.3 is 0 Å². The van der Waals surface area contributed by atoms with Gasteiger partial charge in [0, 0.05) is 5.75 Å². The van der Waals surface area contributed by atoms with Crippen LogP contribution < -0.4 is 0 Å². The van der Waals surface area contributed by atoms with Crippen LogP contribution in [0.2, 0.25) is 0 Å². The summed E-state index contributed by atoms with van der Waals surface area (Å²) in [4.78, 5) is 14.8. The van der Waals surface area contributed by atoms with Gasteiger partial charge in [-0.2, -0.15) is 18.2 Å². The van der Waals surface area contributed by atoms with E-state index in [-0.39, 0.29) is 10.9 Å². The summed E-state index contributed by atoms with van der Waals surface area (Å²) in [5, 5.41) is 7.37. The lowest BCUT2D eigenvalue weighted by Gasteiger charge is -2.07. The van der Waals surface area contributed by atoms with E-state index in [9.17, 15) is 18.0 Å². The molecule has 0 radical (unpaired) electrons. The molecule has 0 bridgehead atoms. The fraction of sp³-hybridized carbons (Fsp3) is 0.167. The summed E-state index contributed by atoms with van der Waals surface area (Å²) in [5.74, 6) is -0.217. The van der Waals surface area contributed by atoms with Gasteiger partial charge in [0.2, 0.25) is 5.17 Å². The quantitative estimate of drug-likeness (QED) is 0.780. The fourth-order valence-electron chi connectivity index (χ4n) is 1.32. The first kappa shape index (κ1) is 14.4. The van der Waals surface area contributed by atoms with Crippen molar-refractivity contribution in [2.75, 3.05) is 0 Å². The monoisotopic (exact) mass is 299 g/mol. The van der Waals surface area contributed by atoms with Crippen molar-refractivity contribution in [1.82, 2.24) is 0 Å². The van der Waals surface area contributed by atoms with E-state index in [0.717, 1.165) is 23.9 Å². The fourth-order valence-corrected chi connectivity index (χ4v) is 2.05. The van der Waals surface area contributed by atoms with Crippen LogP contribution in [0, 0.1) is 0 Å². The lowest BCUT2D eigenvalue weighted by atomic mass is 10.1. The number of nitrogens with zero attached hydrogens (tertiary/aromatic N) is 3. The van der Waals surface area contributed by atoms with Crippen LogP contribution in [0.15, 0.2) is 51.8 Å². The first-order valence-electron chi connectivity index (χ1n) is 5.39. The summed E-state index contributed by atoms with van der Waals surface area (Å²) in [5.41, 5.74) is -0.0750. The van der Waals surface area contributed by atoms with Crippen LogP contribution in [0.5, 0.6) is 0 Å². The second kappa shape index (κ2) is 5.58. The molecular formula is C12H8F3N3OS. The van der Waals surface area contributed by atoms with Crippen molar-refractivity contribution in [3.05, 3.63) is 47.7 Å². The summed E-state index contributed by atoms with van der Waals surface area (Å²) in [6.45, 7) is 3.35. The number of carbonyl (C=O) groups excluding carboxylic acids is 1. The SMILES string of the molecule is C=C1N=NC(SCc2ccc(C(F)(F)F)cc2)=NC1=O. The van der Waals surface area contributed by atoms with Gasteiger partial charge in [-0.15, -0.1) is 10.2 Å². The van der Waals surface area contributed by atoms with Crippen molar-refractivity contribution in [2.45, 2.75) is 11.9 Å². The molecule has 4 nitrogen and oxygen atoms in total. The summed E-state index contributed by atoms with van der Waals surface area (Å²) in [6.07, 6.45) is -4.35. The standard InChI is InChI=1S/C12H8F3N3OS/c1-7-10(19)16-11(18-17-7)20-6-8-2-4-9(5-3-8)12(13,14)15/h2-5H,1,6H2. The molecule has 0 saturated heterocycles. The molecule has 0 unspecified atom stereocenters.